The van der Waals surface area contributed by atoms with Crippen molar-refractivity contribution in [1.82, 2.24) is 0 Å². The Morgan fingerprint density at radius 3 is 2.56 bits per heavy atom. The van der Waals surface area contributed by atoms with Crippen molar-refractivity contribution in [1.29, 1.82) is 0 Å². The number of nitrogens with zero attached hydrogens (tertiary/aromatic N) is 1. The summed E-state index contributed by atoms with van der Waals surface area (Å²) >= 11 is 5.60. The molecule has 0 aromatic rings. The highest BCUT2D eigenvalue weighted by atomic mass is 35.5. The molecule has 52 valence electrons. The number of alkyl halides is 1. The first kappa shape index (κ1) is 8.70. The largest absolute Gasteiger partial charge is 0.265 e. The van der Waals surface area contributed by atoms with Crippen molar-refractivity contribution in [2.75, 3.05) is 0 Å². The van der Waals surface area contributed by atoms with Gasteiger partial charge >= 0.3 is 0 Å². The van der Waals surface area contributed by atoms with Gasteiger partial charge in [-0.1, -0.05) is 6.08 Å². The van der Waals surface area contributed by atoms with Gasteiger partial charge in [-0.3, -0.25) is 4.99 Å². The third-order valence-electron chi connectivity index (χ3n) is 0.901. The summed E-state index contributed by atoms with van der Waals surface area (Å²) in [7, 11) is 0. The molecule has 0 aromatic carbocycles. The summed E-state index contributed by atoms with van der Waals surface area (Å²) in [5.74, 6) is 0. The number of rotatable bonds is 2. The van der Waals surface area contributed by atoms with E-state index in [2.05, 4.69) is 4.99 Å². The lowest BCUT2D eigenvalue weighted by molar-refractivity contribution is 1.25. The minimum Gasteiger partial charge on any atom is -0.265 e. The van der Waals surface area contributed by atoms with Crippen molar-refractivity contribution in [2.45, 2.75) is 26.1 Å². The average molecular weight is 146 g/mol. The molecule has 0 saturated carbocycles. The molecule has 0 aliphatic heterocycles. The van der Waals surface area contributed by atoms with Gasteiger partial charge in [0.25, 0.3) is 0 Å². The molecule has 0 fully saturated rings. The van der Waals surface area contributed by atoms with E-state index in [1.54, 1.807) is 6.21 Å². The monoisotopic (exact) mass is 145 g/mol. The fourth-order valence-corrected chi connectivity index (χ4v) is 0.351. The molecule has 1 unspecified atom stereocenters. The van der Waals surface area contributed by atoms with Crippen molar-refractivity contribution in [3.05, 3.63) is 11.8 Å². The SMILES string of the molecule is C/C=C(/C)N=CC(C)Cl. The maximum atomic E-state index is 5.60. The zero-order valence-electron chi connectivity index (χ0n) is 6.06. The Hall–Kier alpha value is -0.300. The molecule has 0 saturated heterocycles. The molecule has 0 aliphatic carbocycles. The van der Waals surface area contributed by atoms with Gasteiger partial charge in [-0.05, 0) is 20.8 Å². The van der Waals surface area contributed by atoms with E-state index in [1.807, 2.05) is 26.8 Å². The molecule has 0 amide bonds. The summed E-state index contributed by atoms with van der Waals surface area (Å²) in [6.45, 7) is 5.77. The molecule has 0 aromatic heterocycles. The minimum absolute atomic E-state index is 0.0277. The molecular weight excluding hydrogens is 134 g/mol. The van der Waals surface area contributed by atoms with Crippen LogP contribution in [0.4, 0.5) is 0 Å². The van der Waals surface area contributed by atoms with E-state index in [1.165, 1.54) is 0 Å². The highest BCUT2D eigenvalue weighted by Crippen LogP contribution is 1.94. The summed E-state index contributed by atoms with van der Waals surface area (Å²) in [4.78, 5) is 4.05. The van der Waals surface area contributed by atoms with Crippen LogP contribution in [0.1, 0.15) is 20.8 Å². The second-order valence-corrected chi connectivity index (χ2v) is 2.57. The van der Waals surface area contributed by atoms with Crippen molar-refractivity contribution in [2.24, 2.45) is 4.99 Å². The van der Waals surface area contributed by atoms with Crippen molar-refractivity contribution >= 4 is 17.8 Å². The van der Waals surface area contributed by atoms with E-state index in [-0.39, 0.29) is 5.38 Å². The molecule has 0 aliphatic rings. The first-order valence-corrected chi connectivity index (χ1v) is 3.41. The van der Waals surface area contributed by atoms with Crippen LogP contribution in [0.2, 0.25) is 0 Å². The summed E-state index contributed by atoms with van der Waals surface area (Å²) in [6, 6.07) is 0. The molecular formula is C7H12ClN. The number of hydrogen-bond donors (Lipinski definition) is 0. The smallest absolute Gasteiger partial charge is 0.0660 e. The van der Waals surface area contributed by atoms with E-state index in [9.17, 15) is 0 Å². The zero-order chi connectivity index (χ0) is 7.28. The highest BCUT2D eigenvalue weighted by Gasteiger charge is 1.85. The fourth-order valence-electron chi connectivity index (χ4n) is 0.295. The van der Waals surface area contributed by atoms with Gasteiger partial charge < -0.3 is 0 Å². The Kier molecular flexibility index (Phi) is 4.41. The summed E-state index contributed by atoms with van der Waals surface area (Å²) in [5, 5.41) is 0.0277. The molecule has 0 heterocycles. The van der Waals surface area contributed by atoms with Gasteiger partial charge in [-0.15, -0.1) is 11.6 Å². The summed E-state index contributed by atoms with van der Waals surface area (Å²) in [5.41, 5.74) is 1.00. The van der Waals surface area contributed by atoms with E-state index in [0.717, 1.165) is 5.70 Å². The van der Waals surface area contributed by atoms with E-state index < -0.39 is 0 Å². The minimum atomic E-state index is 0.0277. The maximum absolute atomic E-state index is 5.60. The quantitative estimate of drug-likeness (QED) is 0.419. The van der Waals surface area contributed by atoms with Crippen molar-refractivity contribution in [3.63, 3.8) is 0 Å². The Morgan fingerprint density at radius 1 is 1.67 bits per heavy atom. The van der Waals surface area contributed by atoms with E-state index in [4.69, 9.17) is 11.6 Å². The number of allylic oxidation sites excluding steroid dienone is 2. The Bertz CT molecular complexity index is 125. The predicted molar refractivity (Wildman–Crippen MR) is 43.2 cm³/mol. The Balaban J connectivity index is 3.71. The summed E-state index contributed by atoms with van der Waals surface area (Å²) in [6.07, 6.45) is 3.66. The van der Waals surface area contributed by atoms with Crippen molar-refractivity contribution < 1.29 is 0 Å². The van der Waals surface area contributed by atoms with Crippen LogP contribution in [0.25, 0.3) is 0 Å². The van der Waals surface area contributed by atoms with Crippen LogP contribution in [0, 0.1) is 0 Å². The Labute approximate surface area is 61.4 Å². The van der Waals surface area contributed by atoms with Crippen molar-refractivity contribution in [3.8, 4) is 0 Å². The molecule has 9 heavy (non-hydrogen) atoms. The summed E-state index contributed by atoms with van der Waals surface area (Å²) < 4.78 is 0. The average Bonchev–Trinajstić information content (AvgIpc) is 1.83. The van der Waals surface area contributed by atoms with E-state index >= 15 is 0 Å². The lowest BCUT2D eigenvalue weighted by Crippen LogP contribution is -1.90. The first-order chi connectivity index (χ1) is 4.16. The lowest BCUT2D eigenvalue weighted by atomic mass is 10.4. The first-order valence-electron chi connectivity index (χ1n) is 2.98. The molecule has 1 nitrogen and oxygen atoms in total. The van der Waals surface area contributed by atoms with Crippen LogP contribution in [-0.2, 0) is 0 Å². The third-order valence-corrected chi connectivity index (χ3v) is 1.01. The van der Waals surface area contributed by atoms with Gasteiger partial charge in [-0.25, -0.2) is 0 Å². The van der Waals surface area contributed by atoms with Gasteiger partial charge in [0.15, 0.2) is 0 Å². The van der Waals surface area contributed by atoms with Crippen LogP contribution >= 0.6 is 11.6 Å². The molecule has 0 spiro atoms. The standard InChI is InChI=1S/C7H12ClN/c1-4-7(3)9-5-6(2)8/h4-6H,1-3H3/b7-4-,9-5?. The van der Waals surface area contributed by atoms with Crippen LogP contribution in [0.5, 0.6) is 0 Å². The second-order valence-electron chi connectivity index (χ2n) is 1.89. The number of hydrogen-bond acceptors (Lipinski definition) is 1. The highest BCUT2D eigenvalue weighted by molar-refractivity contribution is 6.27. The zero-order valence-corrected chi connectivity index (χ0v) is 6.81. The molecule has 1 atom stereocenters. The molecule has 0 rings (SSSR count). The normalized spacial score (nSPS) is 16.7. The second kappa shape index (κ2) is 4.57. The van der Waals surface area contributed by atoms with Crippen LogP contribution in [-0.4, -0.2) is 11.6 Å². The lowest BCUT2D eigenvalue weighted by Gasteiger charge is -1.90. The molecule has 0 N–H and O–H groups in total. The van der Waals surface area contributed by atoms with Gasteiger partial charge in [-0.2, -0.15) is 0 Å². The third kappa shape index (κ3) is 5.57. The molecule has 0 radical (unpaired) electrons. The van der Waals surface area contributed by atoms with Gasteiger partial charge in [0.2, 0.25) is 0 Å². The van der Waals surface area contributed by atoms with Gasteiger partial charge in [0, 0.05) is 11.9 Å². The molecule has 0 bridgehead atoms. The molecule has 2 heteroatoms. The van der Waals surface area contributed by atoms with E-state index in [0.29, 0.717) is 0 Å². The topological polar surface area (TPSA) is 12.4 Å². The van der Waals surface area contributed by atoms with Gasteiger partial charge in [0.1, 0.15) is 0 Å². The van der Waals surface area contributed by atoms with Gasteiger partial charge in [0.05, 0.1) is 5.38 Å². The number of aliphatic imine (C=N–C) groups is 1. The predicted octanol–water partition coefficient (Wildman–Crippen LogP) is 2.61. The fraction of sp³-hybridized carbons (Fsp3) is 0.571. The number of halogens is 1. The Morgan fingerprint density at radius 2 is 2.22 bits per heavy atom. The van der Waals surface area contributed by atoms with Crippen LogP contribution in [0.15, 0.2) is 16.8 Å². The van der Waals surface area contributed by atoms with Crippen LogP contribution < -0.4 is 0 Å². The maximum Gasteiger partial charge on any atom is 0.0660 e. The van der Waals surface area contributed by atoms with Crippen LogP contribution in [0.3, 0.4) is 0 Å².